The monoisotopic (exact) mass is 407 g/mol. The van der Waals surface area contributed by atoms with E-state index in [1.165, 1.54) is 40.9 Å². The van der Waals surface area contributed by atoms with E-state index in [0.29, 0.717) is 10.8 Å². The van der Waals surface area contributed by atoms with Crippen molar-refractivity contribution in [2.24, 2.45) is 0 Å². The van der Waals surface area contributed by atoms with Crippen molar-refractivity contribution in [1.82, 2.24) is 14.5 Å². The Morgan fingerprint density at radius 1 is 1.26 bits per heavy atom. The maximum absolute atomic E-state index is 13.9. The van der Waals surface area contributed by atoms with Crippen LogP contribution in [0.3, 0.4) is 0 Å². The molecule has 0 saturated carbocycles. The number of hydrogen-bond acceptors (Lipinski definition) is 3. The Kier molecular flexibility index (Phi) is 6.13. The van der Waals surface area contributed by atoms with Crippen LogP contribution in [-0.2, 0) is 11.3 Å². The quantitative estimate of drug-likeness (QED) is 0.562. The van der Waals surface area contributed by atoms with Gasteiger partial charge in [0.1, 0.15) is 11.6 Å². The van der Waals surface area contributed by atoms with Gasteiger partial charge in [-0.1, -0.05) is 35.5 Å². The number of nitrogens with zero attached hydrogens (tertiary/aromatic N) is 3. The van der Waals surface area contributed by atoms with Gasteiger partial charge in [0.25, 0.3) is 0 Å². The lowest BCUT2D eigenvalue weighted by Crippen LogP contribution is -2.28. The van der Waals surface area contributed by atoms with Crippen LogP contribution in [0.25, 0.3) is 5.69 Å². The molecule has 0 saturated heterocycles. The van der Waals surface area contributed by atoms with Crippen molar-refractivity contribution in [3.05, 3.63) is 77.1 Å². The highest BCUT2D eigenvalue weighted by molar-refractivity contribution is 7.99. The summed E-state index contributed by atoms with van der Waals surface area (Å²) in [5, 5.41) is 0.843. The third kappa shape index (κ3) is 4.67. The minimum atomic E-state index is -0.448. The van der Waals surface area contributed by atoms with E-state index < -0.39 is 5.82 Å². The van der Waals surface area contributed by atoms with E-state index in [4.69, 9.17) is 11.6 Å². The zero-order valence-electron chi connectivity index (χ0n) is 14.4. The summed E-state index contributed by atoms with van der Waals surface area (Å²) in [5.74, 6) is -0.895. The van der Waals surface area contributed by atoms with E-state index in [1.54, 1.807) is 42.2 Å². The summed E-state index contributed by atoms with van der Waals surface area (Å²) < 4.78 is 29.0. The van der Waals surface area contributed by atoms with Gasteiger partial charge in [0, 0.05) is 36.6 Å². The van der Waals surface area contributed by atoms with Crippen molar-refractivity contribution in [3.63, 3.8) is 0 Å². The predicted octanol–water partition coefficient (Wildman–Crippen LogP) is 4.55. The van der Waals surface area contributed by atoms with E-state index in [0.717, 1.165) is 0 Å². The molecule has 0 spiro atoms. The second kappa shape index (κ2) is 8.54. The average Bonchev–Trinajstić information content (AvgIpc) is 3.11. The molecule has 3 aromatic rings. The normalized spacial score (nSPS) is 10.8. The largest absolute Gasteiger partial charge is 0.341 e. The standard InChI is InChI=1S/C19H16ClF2N3OS/c1-24(11-15-16(20)6-3-7-17(15)22)18(26)12-27-19-23-8-9-25(19)14-5-2-4-13(21)10-14/h2-10H,11-12H2,1H3. The molecule has 0 aliphatic rings. The van der Waals surface area contributed by atoms with Crippen LogP contribution in [0.15, 0.2) is 60.0 Å². The van der Waals surface area contributed by atoms with Gasteiger partial charge in [0.05, 0.1) is 11.4 Å². The van der Waals surface area contributed by atoms with Crippen molar-refractivity contribution in [2.75, 3.05) is 12.8 Å². The maximum Gasteiger partial charge on any atom is 0.233 e. The number of hydrogen-bond donors (Lipinski definition) is 0. The highest BCUT2D eigenvalue weighted by atomic mass is 35.5. The summed E-state index contributed by atoms with van der Waals surface area (Å²) in [6, 6.07) is 10.5. The van der Waals surface area contributed by atoms with Crippen LogP contribution < -0.4 is 0 Å². The Balaban J connectivity index is 1.65. The first kappa shape index (κ1) is 19.4. The minimum Gasteiger partial charge on any atom is -0.341 e. The number of imidazole rings is 1. The van der Waals surface area contributed by atoms with Gasteiger partial charge in [-0.2, -0.15) is 0 Å². The number of carbonyl (C=O) groups is 1. The topological polar surface area (TPSA) is 38.1 Å². The fourth-order valence-corrected chi connectivity index (χ4v) is 3.60. The minimum absolute atomic E-state index is 0.0727. The van der Waals surface area contributed by atoms with E-state index in [2.05, 4.69) is 4.98 Å². The van der Waals surface area contributed by atoms with Gasteiger partial charge < -0.3 is 4.90 Å². The zero-order chi connectivity index (χ0) is 19.4. The summed E-state index contributed by atoms with van der Waals surface area (Å²) in [4.78, 5) is 18.0. The van der Waals surface area contributed by atoms with Crippen LogP contribution in [0.4, 0.5) is 8.78 Å². The van der Waals surface area contributed by atoms with E-state index in [9.17, 15) is 13.6 Å². The van der Waals surface area contributed by atoms with Crippen molar-refractivity contribution in [1.29, 1.82) is 0 Å². The van der Waals surface area contributed by atoms with E-state index >= 15 is 0 Å². The molecule has 1 heterocycles. The van der Waals surface area contributed by atoms with Gasteiger partial charge in [0.15, 0.2) is 5.16 Å². The molecular formula is C19H16ClF2N3OS. The lowest BCUT2D eigenvalue weighted by atomic mass is 10.2. The molecule has 0 aliphatic carbocycles. The van der Waals surface area contributed by atoms with Gasteiger partial charge in [-0.25, -0.2) is 13.8 Å². The van der Waals surface area contributed by atoms with Crippen LogP contribution in [0.5, 0.6) is 0 Å². The summed E-state index contributed by atoms with van der Waals surface area (Å²) in [5.41, 5.74) is 0.898. The number of amides is 1. The second-order valence-corrected chi connectivity index (χ2v) is 7.15. The maximum atomic E-state index is 13.9. The first-order chi connectivity index (χ1) is 13.0. The first-order valence-electron chi connectivity index (χ1n) is 8.04. The Labute approximate surface area is 164 Å². The fourth-order valence-electron chi connectivity index (χ4n) is 2.46. The number of carbonyl (C=O) groups excluding carboxylic acids is 1. The zero-order valence-corrected chi connectivity index (χ0v) is 16.0. The Hall–Kier alpha value is -2.38. The highest BCUT2D eigenvalue weighted by Gasteiger charge is 2.16. The molecule has 0 aliphatic heterocycles. The third-order valence-corrected chi connectivity index (χ3v) is 5.21. The highest BCUT2D eigenvalue weighted by Crippen LogP contribution is 2.23. The number of rotatable bonds is 6. The lowest BCUT2D eigenvalue weighted by molar-refractivity contribution is -0.127. The molecule has 0 unspecified atom stereocenters. The summed E-state index contributed by atoms with van der Waals surface area (Å²) in [6.45, 7) is 0.0727. The van der Waals surface area contributed by atoms with Crippen molar-refractivity contribution < 1.29 is 13.6 Å². The Morgan fingerprint density at radius 2 is 2.04 bits per heavy atom. The van der Waals surface area contributed by atoms with Crippen molar-refractivity contribution >= 4 is 29.3 Å². The lowest BCUT2D eigenvalue weighted by Gasteiger charge is -2.18. The molecule has 0 atom stereocenters. The SMILES string of the molecule is CN(Cc1c(F)cccc1Cl)C(=O)CSc1nccn1-c1cccc(F)c1. The van der Waals surface area contributed by atoms with Gasteiger partial charge >= 0.3 is 0 Å². The molecule has 140 valence electrons. The molecule has 1 amide bonds. The van der Waals surface area contributed by atoms with Crippen LogP contribution in [-0.4, -0.2) is 33.2 Å². The molecule has 2 aromatic carbocycles. The molecule has 4 nitrogen and oxygen atoms in total. The van der Waals surface area contributed by atoms with Crippen LogP contribution in [0, 0.1) is 11.6 Å². The number of halogens is 3. The molecule has 0 radical (unpaired) electrons. The molecule has 0 fully saturated rings. The Morgan fingerprint density at radius 3 is 2.78 bits per heavy atom. The van der Waals surface area contributed by atoms with E-state index in [1.807, 2.05) is 0 Å². The second-order valence-electron chi connectivity index (χ2n) is 5.80. The van der Waals surface area contributed by atoms with Gasteiger partial charge in [-0.15, -0.1) is 0 Å². The van der Waals surface area contributed by atoms with Gasteiger partial charge in [-0.05, 0) is 30.3 Å². The van der Waals surface area contributed by atoms with Crippen LogP contribution >= 0.6 is 23.4 Å². The average molecular weight is 408 g/mol. The summed E-state index contributed by atoms with van der Waals surface area (Å²) >= 11 is 7.23. The first-order valence-corrected chi connectivity index (χ1v) is 9.41. The van der Waals surface area contributed by atoms with Gasteiger partial charge in [-0.3, -0.25) is 9.36 Å². The van der Waals surface area contributed by atoms with Crippen molar-refractivity contribution in [3.8, 4) is 5.69 Å². The predicted molar refractivity (Wildman–Crippen MR) is 102 cm³/mol. The number of aromatic nitrogens is 2. The van der Waals surface area contributed by atoms with Crippen LogP contribution in [0.1, 0.15) is 5.56 Å². The Bertz CT molecular complexity index is 943. The van der Waals surface area contributed by atoms with Crippen molar-refractivity contribution in [2.45, 2.75) is 11.7 Å². The molecule has 1 aromatic heterocycles. The van der Waals surface area contributed by atoms with Crippen LogP contribution in [0.2, 0.25) is 5.02 Å². The summed E-state index contributed by atoms with van der Waals surface area (Å²) in [6.07, 6.45) is 3.28. The molecular weight excluding hydrogens is 392 g/mol. The van der Waals surface area contributed by atoms with E-state index in [-0.39, 0.29) is 34.6 Å². The molecule has 0 N–H and O–H groups in total. The number of benzene rings is 2. The molecule has 3 rings (SSSR count). The molecule has 8 heteroatoms. The fraction of sp³-hybridized carbons (Fsp3) is 0.158. The third-order valence-electron chi connectivity index (χ3n) is 3.90. The molecule has 27 heavy (non-hydrogen) atoms. The van der Waals surface area contributed by atoms with Gasteiger partial charge in [0.2, 0.25) is 5.91 Å². The number of thioether (sulfide) groups is 1. The summed E-state index contributed by atoms with van der Waals surface area (Å²) in [7, 11) is 1.59. The smallest absolute Gasteiger partial charge is 0.233 e. The molecule has 0 bridgehead atoms.